The summed E-state index contributed by atoms with van der Waals surface area (Å²) < 4.78 is 17.7. The van der Waals surface area contributed by atoms with E-state index in [1.165, 1.54) is 29.0 Å². The number of Topliss-reactive ketones (excluding diaryl/α,β-unsaturated/α-hetero) is 1. The van der Waals surface area contributed by atoms with Crippen LogP contribution in [0.1, 0.15) is 54.1 Å². The van der Waals surface area contributed by atoms with E-state index in [-0.39, 0.29) is 30.0 Å². The number of halogens is 2. The molecule has 4 heterocycles. The number of allylic oxidation sites excluding steroid dienone is 2. The number of hydrogen-bond acceptors (Lipinski definition) is 8. The molecule has 5 aromatic rings. The van der Waals surface area contributed by atoms with Gasteiger partial charge in [-0.15, -0.1) is 11.3 Å². The predicted molar refractivity (Wildman–Crippen MR) is 205 cm³/mol. The summed E-state index contributed by atoms with van der Waals surface area (Å²) in [5.74, 6) is -7.57. The molecule has 10 nitrogen and oxygen atoms in total. The second kappa shape index (κ2) is 12.3. The maximum atomic E-state index is 15.2. The Morgan fingerprint density at radius 1 is 0.982 bits per heavy atom. The van der Waals surface area contributed by atoms with Crippen molar-refractivity contribution in [2.75, 3.05) is 9.80 Å². The molecule has 3 aromatic carbocycles. The number of aromatic nitrogens is 2. The van der Waals surface area contributed by atoms with Crippen LogP contribution in [0.2, 0.25) is 5.02 Å². The molecule has 278 valence electrons. The lowest BCUT2D eigenvalue weighted by atomic mass is 9.51. The fourth-order valence-electron chi connectivity index (χ4n) is 9.66. The molecule has 6 atom stereocenters. The highest BCUT2D eigenvalue weighted by atomic mass is 35.5. The molecule has 55 heavy (non-hydrogen) atoms. The summed E-state index contributed by atoms with van der Waals surface area (Å²) in [5, 5.41) is 17.6. The van der Waals surface area contributed by atoms with Gasteiger partial charge < -0.3 is 5.11 Å². The molecule has 0 radical (unpaired) electrons. The van der Waals surface area contributed by atoms with Gasteiger partial charge in [-0.2, -0.15) is 5.10 Å². The quantitative estimate of drug-likeness (QED) is 0.110. The molecule has 2 aliphatic heterocycles. The van der Waals surface area contributed by atoms with E-state index in [1.54, 1.807) is 50.4 Å². The van der Waals surface area contributed by atoms with Crippen LogP contribution in [-0.4, -0.2) is 44.3 Å². The number of carbonyl (C=O) groups is 5. The van der Waals surface area contributed by atoms with E-state index in [2.05, 4.69) is 0 Å². The second-order valence-corrected chi connectivity index (χ2v) is 16.7. The number of aromatic hydroxyl groups is 1. The molecule has 13 heteroatoms. The van der Waals surface area contributed by atoms with E-state index in [0.717, 1.165) is 36.4 Å². The lowest BCUT2D eigenvalue weighted by molar-refractivity contribution is -0.131. The van der Waals surface area contributed by atoms with Crippen molar-refractivity contribution in [2.24, 2.45) is 36.1 Å². The van der Waals surface area contributed by atoms with Crippen LogP contribution in [0.25, 0.3) is 20.7 Å². The normalized spacial score (nSPS) is 26.1. The summed E-state index contributed by atoms with van der Waals surface area (Å²) in [4.78, 5) is 73.3. The molecule has 2 aromatic heterocycles. The van der Waals surface area contributed by atoms with Gasteiger partial charge in [0.05, 0.1) is 33.7 Å². The fourth-order valence-corrected chi connectivity index (χ4v) is 11.0. The number of carbonyl (C=O) groups excluding carboxylic acids is 5. The largest absolute Gasteiger partial charge is 0.505 e. The van der Waals surface area contributed by atoms with Crippen LogP contribution in [0.4, 0.5) is 15.9 Å². The number of para-hydroxylation sites is 1. The minimum Gasteiger partial charge on any atom is -0.505 e. The minimum atomic E-state index is -1.50. The van der Waals surface area contributed by atoms with Crippen LogP contribution in [0.5, 0.6) is 5.75 Å². The van der Waals surface area contributed by atoms with E-state index in [4.69, 9.17) is 16.7 Å². The van der Waals surface area contributed by atoms with E-state index in [0.29, 0.717) is 27.5 Å². The molecule has 0 bridgehead atoms. The first-order chi connectivity index (χ1) is 26.2. The van der Waals surface area contributed by atoms with Crippen molar-refractivity contribution in [3.8, 4) is 16.3 Å². The Morgan fingerprint density at radius 2 is 1.73 bits per heavy atom. The van der Waals surface area contributed by atoms with Crippen LogP contribution in [0, 0.1) is 41.8 Å². The smallest absolute Gasteiger partial charge is 0.242 e. The highest BCUT2D eigenvalue weighted by molar-refractivity contribution is 7.22. The highest BCUT2D eigenvalue weighted by Gasteiger charge is 2.68. The number of phenols is 1. The van der Waals surface area contributed by atoms with Gasteiger partial charge >= 0.3 is 0 Å². The minimum absolute atomic E-state index is 0.0776. The number of amides is 4. The van der Waals surface area contributed by atoms with Crippen molar-refractivity contribution in [1.29, 1.82) is 0 Å². The zero-order chi connectivity index (χ0) is 38.8. The number of hydrogen-bond donors (Lipinski definition) is 1. The van der Waals surface area contributed by atoms with Gasteiger partial charge in [-0.25, -0.2) is 9.29 Å². The number of nitrogens with zero attached hydrogens (tertiary/aromatic N) is 4. The molecule has 1 saturated carbocycles. The Bertz CT molecular complexity index is 2600. The van der Waals surface area contributed by atoms with E-state index in [1.807, 2.05) is 31.2 Å². The Balaban J connectivity index is 1.14. The van der Waals surface area contributed by atoms with Crippen molar-refractivity contribution < 1.29 is 33.5 Å². The SMILES string of the molecule is CC(=O)c1ccc(N2C(=O)[C@H]3[C@H](CC=C4[C@H]3C[C@H]3C(=O)N(c5cc(-c6sc7ccc(Cl)cc7c6C)nn5C)C(=O)[C@@]3(C)[C@H]4c3cccc(F)c3O)C2=O)cc1. The number of phenolic OH excluding ortho intramolecular Hbond substituents is 1. The maximum Gasteiger partial charge on any atom is 0.242 e. The standard InChI is InChI=1S/C42H34ClFN4O6S/c1-19-27-16-22(43)10-15-32(27)55-37(19)31-18-33(46(4)45-31)48-39(52)29-17-28-24(35(42(29,3)41(48)54)26-6-5-7-30(44)36(26)50)13-14-25-34(28)40(53)47(38(25)51)23-11-8-21(9-12-23)20(2)49/h5-13,15-16,18,25,28-29,34-35,50H,14,17H2,1-4H3/t25-,28+,29-,34-,35+,42+/m0/s1. The average Bonchev–Trinajstić information content (AvgIpc) is 3.83. The molecule has 0 unspecified atom stereocenters. The van der Waals surface area contributed by atoms with Gasteiger partial charge in [0.1, 0.15) is 11.5 Å². The molecule has 2 saturated heterocycles. The fraction of sp³-hybridized carbons (Fsp3) is 0.286. The van der Waals surface area contributed by atoms with Crippen LogP contribution in [0.15, 0.2) is 78.4 Å². The Labute approximate surface area is 323 Å². The summed E-state index contributed by atoms with van der Waals surface area (Å²) in [6, 6.07) is 17.7. The molecular formula is C42H34ClFN4O6S. The molecular weight excluding hydrogens is 743 g/mol. The summed E-state index contributed by atoms with van der Waals surface area (Å²) >= 11 is 7.82. The topological polar surface area (TPSA) is 130 Å². The van der Waals surface area contributed by atoms with E-state index in [9.17, 15) is 24.3 Å². The van der Waals surface area contributed by atoms with Gasteiger partial charge in [-0.3, -0.25) is 33.6 Å². The summed E-state index contributed by atoms with van der Waals surface area (Å²) in [5.41, 5.74) is 1.54. The molecule has 4 aliphatic rings. The first kappa shape index (κ1) is 35.3. The molecule has 9 rings (SSSR count). The zero-order valence-corrected chi connectivity index (χ0v) is 31.7. The maximum absolute atomic E-state index is 15.2. The first-order valence-corrected chi connectivity index (χ1v) is 19.2. The average molecular weight is 777 g/mol. The van der Waals surface area contributed by atoms with Crippen molar-refractivity contribution in [3.05, 3.63) is 106 Å². The van der Waals surface area contributed by atoms with Gasteiger partial charge in [0.15, 0.2) is 17.3 Å². The third-order valence-corrected chi connectivity index (χ3v) is 13.9. The van der Waals surface area contributed by atoms with E-state index >= 15 is 9.18 Å². The molecule has 3 fully saturated rings. The molecule has 1 N–H and O–H groups in total. The van der Waals surface area contributed by atoms with Crippen LogP contribution in [-0.2, 0) is 26.2 Å². The van der Waals surface area contributed by atoms with Crippen LogP contribution in [0.3, 0.4) is 0 Å². The number of fused-ring (bicyclic) bond motifs is 5. The van der Waals surface area contributed by atoms with Gasteiger partial charge in [0.2, 0.25) is 23.6 Å². The number of thiophene rings is 1. The lowest BCUT2D eigenvalue weighted by Gasteiger charge is -2.49. The first-order valence-electron chi connectivity index (χ1n) is 18.0. The van der Waals surface area contributed by atoms with Gasteiger partial charge in [0, 0.05) is 39.9 Å². The third-order valence-electron chi connectivity index (χ3n) is 12.4. The van der Waals surface area contributed by atoms with Gasteiger partial charge in [-0.05, 0) is 99.0 Å². The number of benzene rings is 3. The molecule has 0 spiro atoms. The van der Waals surface area contributed by atoms with Crippen molar-refractivity contribution >= 4 is 73.9 Å². The molecule has 4 amide bonds. The third kappa shape index (κ3) is 4.90. The van der Waals surface area contributed by atoms with E-state index < -0.39 is 70.2 Å². The Morgan fingerprint density at radius 3 is 2.45 bits per heavy atom. The lowest BCUT2D eigenvalue weighted by Crippen LogP contribution is -2.49. The van der Waals surface area contributed by atoms with Gasteiger partial charge in [-0.1, -0.05) is 35.4 Å². The predicted octanol–water partition coefficient (Wildman–Crippen LogP) is 7.75. The number of imide groups is 2. The van der Waals surface area contributed by atoms with Crippen molar-refractivity contribution in [2.45, 2.75) is 39.5 Å². The van der Waals surface area contributed by atoms with Crippen molar-refractivity contribution in [1.82, 2.24) is 9.78 Å². The van der Waals surface area contributed by atoms with Crippen LogP contribution < -0.4 is 9.80 Å². The highest BCUT2D eigenvalue weighted by Crippen LogP contribution is 2.64. The Hall–Kier alpha value is -5.46. The number of ketones is 1. The van der Waals surface area contributed by atoms with Crippen molar-refractivity contribution in [3.63, 3.8) is 0 Å². The monoisotopic (exact) mass is 776 g/mol. The molecule has 2 aliphatic carbocycles. The van der Waals surface area contributed by atoms with Crippen LogP contribution >= 0.6 is 22.9 Å². The summed E-state index contributed by atoms with van der Waals surface area (Å²) in [6.45, 7) is 5.08. The Kier molecular flexibility index (Phi) is 7.87. The number of aryl methyl sites for hydroxylation is 2. The van der Waals surface area contributed by atoms with Gasteiger partial charge in [0.25, 0.3) is 0 Å². The zero-order valence-electron chi connectivity index (χ0n) is 30.2. The second-order valence-electron chi connectivity index (χ2n) is 15.2. The summed E-state index contributed by atoms with van der Waals surface area (Å²) in [6.07, 6.45) is 2.09. The number of anilines is 2. The summed E-state index contributed by atoms with van der Waals surface area (Å²) in [7, 11) is 1.66. The number of rotatable bonds is 5.